The van der Waals surface area contributed by atoms with Crippen LogP contribution in [0.5, 0.6) is 0 Å². The predicted octanol–water partition coefficient (Wildman–Crippen LogP) is -1.27. The van der Waals surface area contributed by atoms with Crippen molar-refractivity contribution in [3.8, 4) is 0 Å². The third kappa shape index (κ3) is 2.77. The van der Waals surface area contributed by atoms with Gasteiger partial charge in [0.15, 0.2) is 17.7 Å². The molecule has 0 aromatic carbocycles. The second-order valence-corrected chi connectivity index (χ2v) is 6.16. The SMILES string of the molecule is Nc1ncnc2c1ncn2[C@@H]1O[C@H](CO[C@@H]2C=CC[C@@H]2O)[C@@H](O)[C@H]1O. The molecule has 0 spiro atoms. The van der Waals surface area contributed by atoms with E-state index >= 15 is 0 Å². The molecule has 10 nitrogen and oxygen atoms in total. The van der Waals surface area contributed by atoms with Gasteiger partial charge in [0.2, 0.25) is 0 Å². The molecular weight excluding hydrogens is 330 g/mol. The van der Waals surface area contributed by atoms with Gasteiger partial charge in [-0.25, -0.2) is 15.0 Å². The maximum atomic E-state index is 10.4. The van der Waals surface area contributed by atoms with Crippen LogP contribution in [0.1, 0.15) is 12.6 Å². The van der Waals surface area contributed by atoms with Crippen LogP contribution in [0.2, 0.25) is 0 Å². The van der Waals surface area contributed by atoms with Crippen LogP contribution in [0.4, 0.5) is 5.82 Å². The summed E-state index contributed by atoms with van der Waals surface area (Å²) in [6.45, 7) is 0.0323. The van der Waals surface area contributed by atoms with Crippen molar-refractivity contribution in [1.82, 2.24) is 19.5 Å². The molecule has 0 bridgehead atoms. The van der Waals surface area contributed by atoms with E-state index < -0.39 is 36.7 Å². The zero-order valence-electron chi connectivity index (χ0n) is 13.2. The predicted molar refractivity (Wildman–Crippen MR) is 85.2 cm³/mol. The first-order valence-corrected chi connectivity index (χ1v) is 7.97. The van der Waals surface area contributed by atoms with E-state index in [0.29, 0.717) is 17.6 Å². The standard InChI is InChI=1S/C15H19N5O5/c16-13-10-14(18-5-17-13)20(6-19-10)15-12(23)11(22)9(25-15)4-24-8-3-1-2-7(8)21/h1,3,5-9,11-12,15,21-23H,2,4H2,(H2,16,17,18)/t7-,8+,9+,11+,12+,15+/m0/s1. The molecule has 0 radical (unpaired) electrons. The number of nitrogens with zero attached hydrogens (tertiary/aromatic N) is 4. The van der Waals surface area contributed by atoms with E-state index in [-0.39, 0.29) is 12.4 Å². The van der Waals surface area contributed by atoms with Crippen LogP contribution >= 0.6 is 0 Å². The normalized spacial score (nSPS) is 35.0. The molecule has 2 aliphatic rings. The van der Waals surface area contributed by atoms with Gasteiger partial charge in [-0.2, -0.15) is 0 Å². The number of rotatable bonds is 4. The Kier molecular flexibility index (Phi) is 4.13. The second kappa shape index (κ2) is 6.32. The molecule has 1 aliphatic carbocycles. The van der Waals surface area contributed by atoms with Crippen LogP contribution in [0.15, 0.2) is 24.8 Å². The van der Waals surface area contributed by atoms with Crippen LogP contribution in [0.3, 0.4) is 0 Å². The number of ether oxygens (including phenoxy) is 2. The molecule has 134 valence electrons. The molecule has 25 heavy (non-hydrogen) atoms. The Labute approximate surface area is 142 Å². The summed E-state index contributed by atoms with van der Waals surface area (Å²) < 4.78 is 12.9. The quantitative estimate of drug-likeness (QED) is 0.496. The Morgan fingerprint density at radius 3 is 2.84 bits per heavy atom. The molecule has 3 heterocycles. The van der Waals surface area contributed by atoms with Gasteiger partial charge in [-0.15, -0.1) is 0 Å². The van der Waals surface area contributed by atoms with Gasteiger partial charge < -0.3 is 30.5 Å². The molecule has 4 rings (SSSR count). The fourth-order valence-corrected chi connectivity index (χ4v) is 3.14. The Balaban J connectivity index is 1.51. The fraction of sp³-hybridized carbons (Fsp3) is 0.533. The van der Waals surface area contributed by atoms with E-state index in [4.69, 9.17) is 15.2 Å². The number of hydrogen-bond acceptors (Lipinski definition) is 9. The van der Waals surface area contributed by atoms with Gasteiger partial charge in [-0.1, -0.05) is 12.2 Å². The van der Waals surface area contributed by atoms with Crippen molar-refractivity contribution >= 4 is 17.0 Å². The number of imidazole rings is 1. The first-order chi connectivity index (χ1) is 12.1. The van der Waals surface area contributed by atoms with Crippen molar-refractivity contribution in [3.63, 3.8) is 0 Å². The number of fused-ring (bicyclic) bond motifs is 1. The van der Waals surface area contributed by atoms with Gasteiger partial charge >= 0.3 is 0 Å². The highest BCUT2D eigenvalue weighted by molar-refractivity contribution is 5.81. The maximum absolute atomic E-state index is 10.4. The summed E-state index contributed by atoms with van der Waals surface area (Å²) >= 11 is 0. The van der Waals surface area contributed by atoms with Gasteiger partial charge in [-0.3, -0.25) is 4.57 Å². The van der Waals surface area contributed by atoms with Crippen molar-refractivity contribution in [1.29, 1.82) is 0 Å². The van der Waals surface area contributed by atoms with Crippen LogP contribution < -0.4 is 5.73 Å². The highest BCUT2D eigenvalue weighted by Gasteiger charge is 2.44. The van der Waals surface area contributed by atoms with Gasteiger partial charge in [0.25, 0.3) is 0 Å². The van der Waals surface area contributed by atoms with Crippen LogP contribution in [-0.2, 0) is 9.47 Å². The van der Waals surface area contributed by atoms with Gasteiger partial charge in [0.1, 0.15) is 36.3 Å². The Morgan fingerprint density at radius 2 is 2.08 bits per heavy atom. The van der Waals surface area contributed by atoms with Gasteiger partial charge in [-0.05, 0) is 6.42 Å². The van der Waals surface area contributed by atoms with Gasteiger partial charge in [0, 0.05) is 0 Å². The summed E-state index contributed by atoms with van der Waals surface area (Å²) in [4.78, 5) is 12.1. The van der Waals surface area contributed by atoms with Crippen molar-refractivity contribution in [3.05, 3.63) is 24.8 Å². The molecule has 2 aromatic heterocycles. The number of hydrogen-bond donors (Lipinski definition) is 4. The number of aliphatic hydroxyl groups excluding tert-OH is 3. The molecule has 5 N–H and O–H groups in total. The first kappa shape index (κ1) is 16.4. The largest absolute Gasteiger partial charge is 0.390 e. The molecule has 0 saturated carbocycles. The lowest BCUT2D eigenvalue weighted by Gasteiger charge is -2.19. The van der Waals surface area contributed by atoms with E-state index in [2.05, 4.69) is 15.0 Å². The van der Waals surface area contributed by atoms with Crippen molar-refractivity contribution in [2.75, 3.05) is 12.3 Å². The van der Waals surface area contributed by atoms with E-state index in [1.807, 2.05) is 6.08 Å². The zero-order chi connectivity index (χ0) is 17.6. The van der Waals surface area contributed by atoms with Crippen LogP contribution in [-0.4, -0.2) is 72.0 Å². The lowest BCUT2D eigenvalue weighted by Crippen LogP contribution is -2.36. The number of aliphatic hydroxyl groups is 3. The lowest BCUT2D eigenvalue weighted by molar-refractivity contribution is -0.0890. The number of nitrogen functional groups attached to an aromatic ring is 1. The molecule has 0 amide bonds. The topological polar surface area (TPSA) is 149 Å². The smallest absolute Gasteiger partial charge is 0.167 e. The minimum absolute atomic E-state index is 0.0323. The van der Waals surface area contributed by atoms with Crippen molar-refractivity contribution in [2.24, 2.45) is 0 Å². The second-order valence-electron chi connectivity index (χ2n) is 6.16. The minimum atomic E-state index is -1.19. The molecule has 1 fully saturated rings. The number of anilines is 1. The molecule has 6 atom stereocenters. The molecule has 2 aromatic rings. The highest BCUT2D eigenvalue weighted by atomic mass is 16.6. The maximum Gasteiger partial charge on any atom is 0.167 e. The van der Waals surface area contributed by atoms with Crippen molar-refractivity contribution < 1.29 is 24.8 Å². The Bertz CT molecular complexity index is 796. The number of nitrogens with two attached hydrogens (primary N) is 1. The third-order valence-electron chi connectivity index (χ3n) is 4.53. The van der Waals surface area contributed by atoms with Crippen molar-refractivity contribution in [2.45, 2.75) is 43.2 Å². The minimum Gasteiger partial charge on any atom is -0.390 e. The molecule has 0 unspecified atom stereocenters. The zero-order valence-corrected chi connectivity index (χ0v) is 13.2. The Hall–Kier alpha value is -2.11. The third-order valence-corrected chi connectivity index (χ3v) is 4.53. The summed E-state index contributed by atoms with van der Waals surface area (Å²) in [5.41, 5.74) is 6.56. The monoisotopic (exact) mass is 349 g/mol. The summed E-state index contributed by atoms with van der Waals surface area (Å²) in [7, 11) is 0. The first-order valence-electron chi connectivity index (χ1n) is 7.97. The van der Waals surface area contributed by atoms with E-state index in [9.17, 15) is 15.3 Å². The molecule has 1 aliphatic heterocycles. The molecular formula is C15H19N5O5. The van der Waals surface area contributed by atoms with E-state index in [1.54, 1.807) is 6.08 Å². The average molecular weight is 349 g/mol. The Morgan fingerprint density at radius 1 is 1.24 bits per heavy atom. The van der Waals surface area contributed by atoms with E-state index in [1.165, 1.54) is 17.2 Å². The summed E-state index contributed by atoms with van der Waals surface area (Å²) in [5.74, 6) is 0.221. The fourth-order valence-electron chi connectivity index (χ4n) is 3.14. The molecule has 10 heteroatoms. The lowest BCUT2D eigenvalue weighted by atomic mass is 10.1. The average Bonchev–Trinajstić information content (AvgIpc) is 3.27. The van der Waals surface area contributed by atoms with Crippen LogP contribution in [0.25, 0.3) is 11.2 Å². The summed E-state index contributed by atoms with van der Waals surface area (Å²) in [6.07, 6.45) is 1.85. The summed E-state index contributed by atoms with van der Waals surface area (Å²) in [6, 6.07) is 0. The van der Waals surface area contributed by atoms with E-state index in [0.717, 1.165) is 0 Å². The number of aromatic nitrogens is 4. The highest BCUT2D eigenvalue weighted by Crippen LogP contribution is 2.32. The van der Waals surface area contributed by atoms with Gasteiger partial charge in [0.05, 0.1) is 19.0 Å². The molecule has 1 saturated heterocycles. The van der Waals surface area contributed by atoms with Crippen LogP contribution in [0, 0.1) is 0 Å². The summed E-state index contributed by atoms with van der Waals surface area (Å²) in [5, 5.41) is 30.4.